The lowest BCUT2D eigenvalue weighted by atomic mass is 9.80. The molecule has 0 radical (unpaired) electrons. The van der Waals surface area contributed by atoms with Crippen LogP contribution in [0.1, 0.15) is 46.6 Å². The van der Waals surface area contributed by atoms with Crippen molar-refractivity contribution in [1.29, 1.82) is 0 Å². The van der Waals surface area contributed by atoms with E-state index in [1.165, 1.54) is 16.8 Å². The molecule has 0 saturated carbocycles. The summed E-state index contributed by atoms with van der Waals surface area (Å²) in [5.41, 5.74) is 8.00. The molecule has 2 atom stereocenters. The molecule has 4 heterocycles. The number of carbonyl (C=O) groups is 1. The van der Waals surface area contributed by atoms with Crippen LogP contribution in [0.4, 0.5) is 5.69 Å². The van der Waals surface area contributed by atoms with Gasteiger partial charge in [0.25, 0.3) is 0 Å². The Hall–Kier alpha value is -3.79. The number of piperidine rings is 1. The first-order chi connectivity index (χ1) is 22.5. The van der Waals surface area contributed by atoms with Gasteiger partial charge in [-0.3, -0.25) is 19.4 Å². The van der Waals surface area contributed by atoms with Crippen LogP contribution in [0.3, 0.4) is 0 Å². The first-order valence-corrected chi connectivity index (χ1v) is 16.5. The fraction of sp³-hybridized carbons (Fsp3) is 0.317. The Balaban J connectivity index is 0.000000180. The zero-order valence-corrected chi connectivity index (χ0v) is 29.3. The van der Waals surface area contributed by atoms with Crippen LogP contribution < -0.4 is 34.3 Å². The number of nitrogens with zero attached hydrogens (tertiary/aromatic N) is 4. The van der Waals surface area contributed by atoms with Gasteiger partial charge in [-0.05, 0) is 41.8 Å². The molecule has 7 heteroatoms. The third-order valence-electron chi connectivity index (χ3n) is 10.1. The van der Waals surface area contributed by atoms with Crippen LogP contribution in [0, 0.1) is 5.92 Å². The zero-order valence-electron chi connectivity index (χ0n) is 27.2. The Kier molecular flexibility index (Phi) is 11.6. The van der Waals surface area contributed by atoms with Crippen molar-refractivity contribution in [2.45, 2.75) is 45.9 Å². The number of pyridine rings is 1. The highest BCUT2D eigenvalue weighted by Gasteiger charge is 2.41. The normalized spacial score (nSPS) is 18.7. The maximum absolute atomic E-state index is 12.9. The van der Waals surface area contributed by atoms with E-state index in [-0.39, 0.29) is 42.7 Å². The molecule has 6 nitrogen and oxygen atoms in total. The van der Waals surface area contributed by atoms with E-state index in [0.29, 0.717) is 11.8 Å². The number of rotatable bonds is 4. The lowest BCUT2D eigenvalue weighted by molar-refractivity contribution is -0.0000184. The van der Waals surface area contributed by atoms with Gasteiger partial charge in [0.15, 0.2) is 11.2 Å². The lowest BCUT2D eigenvalue weighted by Gasteiger charge is -2.46. The van der Waals surface area contributed by atoms with Gasteiger partial charge in [0.1, 0.15) is 0 Å². The number of Topliss-reactive ketones (excluding diaryl/α,β-unsaturated/α-hetero) is 1. The number of ketones is 1. The molecular weight excluding hydrogens is 707 g/mol. The number of benzene rings is 4. The number of fused-ring (bicyclic) bond motifs is 4. The predicted octanol–water partition coefficient (Wildman–Crippen LogP) is 3.95. The first-order valence-electron chi connectivity index (χ1n) is 16.5. The molecule has 1 aromatic heterocycles. The molecule has 48 heavy (non-hydrogen) atoms. The van der Waals surface area contributed by atoms with Crippen molar-refractivity contribution in [3.8, 4) is 0 Å². The second kappa shape index (κ2) is 15.6. The van der Waals surface area contributed by atoms with Gasteiger partial charge in [-0.2, -0.15) is 0 Å². The highest BCUT2D eigenvalue weighted by atomic mass is 127. The fourth-order valence-corrected chi connectivity index (χ4v) is 7.71. The molecule has 0 bridgehead atoms. The summed E-state index contributed by atoms with van der Waals surface area (Å²) in [7, 11) is 4.21. The van der Waals surface area contributed by atoms with Crippen LogP contribution >= 0.6 is 0 Å². The first kappa shape index (κ1) is 35.5. The Morgan fingerprint density at radius 2 is 1.31 bits per heavy atom. The van der Waals surface area contributed by atoms with E-state index in [0.717, 1.165) is 79.8 Å². The summed E-state index contributed by atoms with van der Waals surface area (Å²) in [5, 5.41) is 0.829. The largest absolute Gasteiger partial charge is 1.00 e. The third kappa shape index (κ3) is 7.14. The SMILES string of the molecule is C.CN1c2ccccc2C(=O)C2CN(Cc3ccccc3)CCC21.Cn1c2c(c(=O)c3ccccc31)CN(Cc1ccccc1)CC2.[I-]. The molecule has 8 rings (SSSR count). The average Bonchev–Trinajstić information content (AvgIpc) is 3.11. The topological polar surface area (TPSA) is 48.8 Å². The highest BCUT2D eigenvalue weighted by molar-refractivity contribution is 6.05. The number of aryl methyl sites for hydroxylation is 1. The summed E-state index contributed by atoms with van der Waals surface area (Å²) in [4.78, 5) is 32.9. The molecule has 0 amide bonds. The number of hydrogen-bond acceptors (Lipinski definition) is 5. The Labute approximate surface area is 302 Å². The standard InChI is InChI=1S/C20H22N2O.C20H20N2O.CH4.HI/c2*1-21-18-10-6-5-9-16(18)20(23)17-14-22(12-11-19(17)21)13-15-7-3-2-4-8-15;;/h2-10,17,19H,11-14H2,1H3;2-10H,11-14H2,1H3;1H4;1H/p-1. The fourth-order valence-electron chi connectivity index (χ4n) is 7.71. The van der Waals surface area contributed by atoms with Crippen LogP contribution in [-0.4, -0.2) is 52.9 Å². The van der Waals surface area contributed by atoms with E-state index in [2.05, 4.69) is 88.0 Å². The molecule has 1 saturated heterocycles. The smallest absolute Gasteiger partial charge is 0.194 e. The molecule has 4 aromatic carbocycles. The monoisotopic (exact) mass is 753 g/mol. The van der Waals surface area contributed by atoms with Crippen molar-refractivity contribution in [2.75, 3.05) is 31.6 Å². The number of carbonyl (C=O) groups excluding carboxylic acids is 1. The quantitative estimate of drug-likeness (QED) is 0.261. The minimum Gasteiger partial charge on any atom is -1.00 e. The van der Waals surface area contributed by atoms with E-state index < -0.39 is 0 Å². The molecule has 2 unspecified atom stereocenters. The number of para-hydroxylation sites is 2. The van der Waals surface area contributed by atoms with Crippen molar-refractivity contribution in [3.63, 3.8) is 0 Å². The van der Waals surface area contributed by atoms with E-state index in [9.17, 15) is 9.59 Å². The minimum absolute atomic E-state index is 0. The molecule has 3 aliphatic rings. The van der Waals surface area contributed by atoms with Gasteiger partial charge in [0.2, 0.25) is 0 Å². The Morgan fingerprint density at radius 1 is 0.708 bits per heavy atom. The van der Waals surface area contributed by atoms with Gasteiger partial charge in [0, 0.05) is 93.7 Å². The summed E-state index contributed by atoms with van der Waals surface area (Å²) in [5.74, 6) is 0.411. The van der Waals surface area contributed by atoms with E-state index in [1.54, 1.807) is 0 Å². The van der Waals surface area contributed by atoms with Gasteiger partial charge in [-0.15, -0.1) is 0 Å². The number of anilines is 1. The molecule has 0 spiro atoms. The maximum atomic E-state index is 12.9. The van der Waals surface area contributed by atoms with E-state index in [1.807, 2.05) is 54.6 Å². The van der Waals surface area contributed by atoms with Crippen LogP contribution in [0.25, 0.3) is 10.9 Å². The molecule has 0 N–H and O–H groups in total. The molecule has 1 fully saturated rings. The van der Waals surface area contributed by atoms with Crippen molar-refractivity contribution in [2.24, 2.45) is 13.0 Å². The average molecular weight is 754 g/mol. The van der Waals surface area contributed by atoms with Crippen LogP contribution in [0.15, 0.2) is 114 Å². The zero-order chi connectivity index (χ0) is 31.6. The van der Waals surface area contributed by atoms with Gasteiger partial charge in [-0.1, -0.05) is 92.4 Å². The van der Waals surface area contributed by atoms with Crippen LogP contribution in [0.5, 0.6) is 0 Å². The second-order valence-corrected chi connectivity index (χ2v) is 13.0. The summed E-state index contributed by atoms with van der Waals surface area (Å²) in [6.45, 7) is 5.47. The number of halogens is 1. The minimum atomic E-state index is 0. The number of aromatic nitrogens is 1. The summed E-state index contributed by atoms with van der Waals surface area (Å²) in [6, 6.07) is 37.3. The second-order valence-electron chi connectivity index (χ2n) is 13.0. The summed E-state index contributed by atoms with van der Waals surface area (Å²) in [6.07, 6.45) is 1.98. The Morgan fingerprint density at radius 3 is 2.02 bits per heavy atom. The molecule has 5 aromatic rings. The molecular formula is C41H46IN4O2-. The van der Waals surface area contributed by atoms with Crippen molar-refractivity contribution in [1.82, 2.24) is 14.4 Å². The van der Waals surface area contributed by atoms with Crippen molar-refractivity contribution >= 4 is 22.4 Å². The third-order valence-corrected chi connectivity index (χ3v) is 10.1. The Bertz CT molecular complexity index is 1910. The van der Waals surface area contributed by atoms with Gasteiger partial charge in [0.05, 0.1) is 11.4 Å². The van der Waals surface area contributed by atoms with Crippen molar-refractivity contribution < 1.29 is 28.8 Å². The lowest BCUT2D eigenvalue weighted by Crippen LogP contribution is -3.00. The van der Waals surface area contributed by atoms with E-state index >= 15 is 0 Å². The van der Waals surface area contributed by atoms with Gasteiger partial charge < -0.3 is 33.4 Å². The molecule has 0 aliphatic carbocycles. The number of hydrogen-bond donors (Lipinski definition) is 0. The highest BCUT2D eigenvalue weighted by Crippen LogP contribution is 2.36. The van der Waals surface area contributed by atoms with E-state index in [4.69, 9.17) is 0 Å². The van der Waals surface area contributed by atoms with Crippen LogP contribution in [-0.2, 0) is 33.1 Å². The maximum Gasteiger partial charge on any atom is 0.194 e. The van der Waals surface area contributed by atoms with Gasteiger partial charge >= 0.3 is 0 Å². The molecule has 3 aliphatic heterocycles. The summed E-state index contributed by atoms with van der Waals surface area (Å²) < 4.78 is 2.20. The van der Waals surface area contributed by atoms with Crippen LogP contribution in [0.2, 0.25) is 0 Å². The predicted molar refractivity (Wildman–Crippen MR) is 193 cm³/mol. The van der Waals surface area contributed by atoms with Gasteiger partial charge in [-0.25, -0.2) is 0 Å². The van der Waals surface area contributed by atoms with Crippen molar-refractivity contribution in [3.05, 3.63) is 147 Å². The summed E-state index contributed by atoms with van der Waals surface area (Å²) >= 11 is 0. The number of likely N-dealkylation sites (tertiary alicyclic amines) is 1. The molecule has 250 valence electrons.